The smallest absolute Gasteiger partial charge is 0.257 e. The normalized spacial score (nSPS) is 15.6. The van der Waals surface area contributed by atoms with Gasteiger partial charge in [-0.15, -0.1) is 11.3 Å². The van der Waals surface area contributed by atoms with Crippen LogP contribution in [0.4, 0.5) is 5.13 Å². The highest BCUT2D eigenvalue weighted by Gasteiger charge is 2.21. The Morgan fingerprint density at radius 1 is 1.06 bits per heavy atom. The van der Waals surface area contributed by atoms with Crippen LogP contribution in [-0.2, 0) is 29.4 Å². The van der Waals surface area contributed by atoms with Gasteiger partial charge in [0, 0.05) is 22.5 Å². The van der Waals surface area contributed by atoms with Gasteiger partial charge in [-0.1, -0.05) is 31.2 Å². The van der Waals surface area contributed by atoms with E-state index in [-0.39, 0.29) is 23.1 Å². The van der Waals surface area contributed by atoms with E-state index in [4.69, 9.17) is 0 Å². The maximum atomic E-state index is 12.6. The van der Waals surface area contributed by atoms with Gasteiger partial charge in [0.15, 0.2) is 10.9 Å². The van der Waals surface area contributed by atoms with Crippen molar-refractivity contribution in [1.29, 1.82) is 0 Å². The minimum Gasteiger partial charge on any atom is -0.298 e. The lowest BCUT2D eigenvalue weighted by Crippen LogP contribution is -2.23. The molecule has 2 N–H and O–H groups in total. The first kappa shape index (κ1) is 23.3. The van der Waals surface area contributed by atoms with Gasteiger partial charge in [0.25, 0.3) is 5.91 Å². The highest BCUT2D eigenvalue weighted by atomic mass is 32.2. The van der Waals surface area contributed by atoms with Gasteiger partial charge in [-0.2, -0.15) is 0 Å². The average Bonchev–Trinajstić information content (AvgIpc) is 3.19. The van der Waals surface area contributed by atoms with Crippen LogP contribution in [0.5, 0.6) is 0 Å². The summed E-state index contributed by atoms with van der Waals surface area (Å²) in [5.41, 5.74) is 2.74. The predicted octanol–water partition coefficient (Wildman–Crippen LogP) is 4.20. The van der Waals surface area contributed by atoms with Crippen LogP contribution in [0.1, 0.15) is 57.1 Å². The number of Topliss-reactive ketones (excluding diaryl/α,β-unsaturated/α-hetero) is 1. The van der Waals surface area contributed by atoms with E-state index in [1.54, 1.807) is 24.3 Å². The first-order chi connectivity index (χ1) is 15.7. The molecule has 1 amide bonds. The van der Waals surface area contributed by atoms with Crippen molar-refractivity contribution in [2.24, 2.45) is 5.92 Å². The number of hydrogen-bond acceptors (Lipinski definition) is 6. The molecule has 0 aliphatic heterocycles. The van der Waals surface area contributed by atoms with Crippen molar-refractivity contribution in [2.75, 3.05) is 5.32 Å². The average molecular weight is 484 g/mol. The van der Waals surface area contributed by atoms with Crippen LogP contribution < -0.4 is 10.0 Å². The number of aryl methyl sites for hydroxylation is 1. The van der Waals surface area contributed by atoms with E-state index < -0.39 is 10.0 Å². The zero-order chi connectivity index (χ0) is 23.6. The van der Waals surface area contributed by atoms with E-state index in [1.165, 1.54) is 47.4 Å². The van der Waals surface area contributed by atoms with E-state index in [0.29, 0.717) is 27.7 Å². The molecular formula is C24H25N3O4S2. The van der Waals surface area contributed by atoms with Crippen molar-refractivity contribution in [3.63, 3.8) is 0 Å². The van der Waals surface area contributed by atoms with Crippen molar-refractivity contribution in [1.82, 2.24) is 9.71 Å². The van der Waals surface area contributed by atoms with E-state index >= 15 is 0 Å². The molecule has 1 aliphatic rings. The molecule has 0 radical (unpaired) electrons. The zero-order valence-corrected chi connectivity index (χ0v) is 20.1. The fourth-order valence-electron chi connectivity index (χ4n) is 3.67. The Hall–Kier alpha value is -2.88. The Kier molecular flexibility index (Phi) is 6.73. The minimum atomic E-state index is -3.72. The van der Waals surface area contributed by atoms with Crippen LogP contribution in [0.2, 0.25) is 0 Å². The Bertz CT molecular complexity index is 1280. The van der Waals surface area contributed by atoms with Crippen LogP contribution in [0.3, 0.4) is 0 Å². The fourth-order valence-corrected chi connectivity index (χ4v) is 5.85. The Morgan fingerprint density at radius 3 is 2.39 bits per heavy atom. The van der Waals surface area contributed by atoms with E-state index in [9.17, 15) is 18.0 Å². The highest BCUT2D eigenvalue weighted by molar-refractivity contribution is 7.89. The molecule has 1 aromatic heterocycles. The number of thiazole rings is 1. The van der Waals surface area contributed by atoms with Crippen LogP contribution in [-0.4, -0.2) is 25.1 Å². The molecule has 1 atom stereocenters. The number of hydrogen-bond donors (Lipinski definition) is 2. The van der Waals surface area contributed by atoms with Crippen LogP contribution in [0.15, 0.2) is 53.4 Å². The molecule has 0 fully saturated rings. The van der Waals surface area contributed by atoms with Crippen LogP contribution in [0, 0.1) is 5.92 Å². The van der Waals surface area contributed by atoms with Gasteiger partial charge in [-0.25, -0.2) is 18.1 Å². The number of carbonyl (C=O) groups excluding carboxylic acids is 2. The van der Waals surface area contributed by atoms with Gasteiger partial charge >= 0.3 is 0 Å². The third-order valence-corrected chi connectivity index (χ3v) is 8.11. The fraction of sp³-hybridized carbons (Fsp3) is 0.292. The van der Waals surface area contributed by atoms with Crippen molar-refractivity contribution in [3.05, 3.63) is 75.8 Å². The number of rotatable bonds is 7. The molecular weight excluding hydrogens is 458 g/mol. The first-order valence-corrected chi connectivity index (χ1v) is 13.0. The number of sulfonamides is 1. The molecule has 2 aromatic carbocycles. The third-order valence-electron chi connectivity index (χ3n) is 5.66. The summed E-state index contributed by atoms with van der Waals surface area (Å²) in [6.45, 7) is 3.74. The standard InChI is InChI=1S/C24H25N3O4S2/c1-15-3-12-21-22(13-15)32-24(26-21)27-23(29)19-6-4-17(5-7-19)14-25-33(30,31)20-10-8-18(9-11-20)16(2)28/h4-11,15,25H,3,12-14H2,1-2H3,(H,26,27,29). The summed E-state index contributed by atoms with van der Waals surface area (Å²) in [5.74, 6) is 0.276. The predicted molar refractivity (Wildman–Crippen MR) is 128 cm³/mol. The lowest BCUT2D eigenvalue weighted by Gasteiger charge is -2.15. The monoisotopic (exact) mass is 483 g/mol. The Balaban J connectivity index is 1.36. The molecule has 4 rings (SSSR count). The summed E-state index contributed by atoms with van der Waals surface area (Å²) in [4.78, 5) is 29.9. The van der Waals surface area contributed by atoms with Gasteiger partial charge in [-0.3, -0.25) is 14.9 Å². The van der Waals surface area contributed by atoms with Crippen molar-refractivity contribution in [3.8, 4) is 0 Å². The second-order valence-electron chi connectivity index (χ2n) is 8.29. The maximum Gasteiger partial charge on any atom is 0.257 e. The number of amides is 1. The summed E-state index contributed by atoms with van der Waals surface area (Å²) in [5, 5.41) is 3.49. The number of ketones is 1. The van der Waals surface area contributed by atoms with Crippen molar-refractivity contribution >= 4 is 38.2 Å². The van der Waals surface area contributed by atoms with Crippen molar-refractivity contribution in [2.45, 2.75) is 44.6 Å². The van der Waals surface area contributed by atoms with Gasteiger partial charge in [-0.05, 0) is 61.9 Å². The number of nitrogens with one attached hydrogen (secondary N) is 2. The lowest BCUT2D eigenvalue weighted by molar-refractivity contribution is 0.101. The molecule has 172 valence electrons. The molecule has 0 saturated heterocycles. The largest absolute Gasteiger partial charge is 0.298 e. The quantitative estimate of drug-likeness (QED) is 0.490. The Morgan fingerprint density at radius 2 is 1.73 bits per heavy atom. The zero-order valence-electron chi connectivity index (χ0n) is 18.4. The molecule has 0 saturated carbocycles. The molecule has 7 nitrogen and oxygen atoms in total. The van der Waals surface area contributed by atoms with E-state index in [1.807, 2.05) is 0 Å². The number of anilines is 1. The van der Waals surface area contributed by atoms with Crippen LogP contribution in [0.25, 0.3) is 0 Å². The molecule has 1 aliphatic carbocycles. The van der Waals surface area contributed by atoms with Crippen molar-refractivity contribution < 1.29 is 18.0 Å². The summed E-state index contributed by atoms with van der Waals surface area (Å²) >= 11 is 1.54. The number of nitrogens with zero attached hydrogens (tertiary/aromatic N) is 1. The van der Waals surface area contributed by atoms with Crippen LogP contribution >= 0.6 is 11.3 Å². The maximum absolute atomic E-state index is 12.6. The summed E-state index contributed by atoms with van der Waals surface area (Å²) in [7, 11) is -3.72. The topological polar surface area (TPSA) is 105 Å². The van der Waals surface area contributed by atoms with Gasteiger partial charge in [0.2, 0.25) is 10.0 Å². The first-order valence-electron chi connectivity index (χ1n) is 10.7. The molecule has 9 heteroatoms. The Labute approximate surface area is 197 Å². The summed E-state index contributed by atoms with van der Waals surface area (Å²) in [6, 6.07) is 12.5. The number of aromatic nitrogens is 1. The second kappa shape index (κ2) is 9.54. The van der Waals surface area contributed by atoms with Gasteiger partial charge in [0.1, 0.15) is 0 Å². The number of carbonyl (C=O) groups is 2. The molecule has 3 aromatic rings. The summed E-state index contributed by atoms with van der Waals surface area (Å²) in [6.07, 6.45) is 3.09. The molecule has 33 heavy (non-hydrogen) atoms. The van der Waals surface area contributed by atoms with E-state index in [0.717, 1.165) is 25.0 Å². The number of benzene rings is 2. The van der Waals surface area contributed by atoms with Gasteiger partial charge < -0.3 is 0 Å². The molecule has 0 spiro atoms. The third kappa shape index (κ3) is 5.55. The van der Waals surface area contributed by atoms with Gasteiger partial charge in [0.05, 0.1) is 10.6 Å². The SMILES string of the molecule is CC(=O)c1ccc(S(=O)(=O)NCc2ccc(C(=O)Nc3nc4c(s3)CC(C)CC4)cc2)cc1. The molecule has 1 unspecified atom stereocenters. The highest BCUT2D eigenvalue weighted by Crippen LogP contribution is 2.32. The molecule has 1 heterocycles. The molecule has 0 bridgehead atoms. The lowest BCUT2D eigenvalue weighted by atomic mass is 9.93. The minimum absolute atomic E-state index is 0.0794. The number of fused-ring (bicyclic) bond motifs is 1. The second-order valence-corrected chi connectivity index (χ2v) is 11.1. The van der Waals surface area contributed by atoms with E-state index in [2.05, 4.69) is 21.9 Å². The summed E-state index contributed by atoms with van der Waals surface area (Å²) < 4.78 is 27.5.